The lowest BCUT2D eigenvalue weighted by atomic mass is 9.84. The van der Waals surface area contributed by atoms with E-state index in [1.54, 1.807) is 20.8 Å². The van der Waals surface area contributed by atoms with E-state index in [2.05, 4.69) is 4.18 Å². The Morgan fingerprint density at radius 2 is 2.00 bits per heavy atom. The van der Waals surface area contributed by atoms with Crippen molar-refractivity contribution >= 4 is 26.0 Å². The average Bonchev–Trinajstić information content (AvgIpc) is 2.17. The van der Waals surface area contributed by atoms with Crippen LogP contribution in [0.2, 0.25) is 0 Å². The summed E-state index contributed by atoms with van der Waals surface area (Å²) in [7, 11) is 0.844. The highest BCUT2D eigenvalue weighted by molar-refractivity contribution is 8.09. The molecule has 0 N–H and O–H groups in total. The lowest BCUT2D eigenvalue weighted by Gasteiger charge is -2.18. The molecule has 1 fully saturated rings. The zero-order chi connectivity index (χ0) is 11.9. The van der Waals surface area contributed by atoms with Crippen molar-refractivity contribution in [1.82, 2.24) is 0 Å². The van der Waals surface area contributed by atoms with Crippen LogP contribution in [0.15, 0.2) is 0 Å². The van der Waals surface area contributed by atoms with E-state index in [9.17, 15) is 13.2 Å². The summed E-state index contributed by atoms with van der Waals surface area (Å²) in [6.07, 6.45) is 0.394. The van der Waals surface area contributed by atoms with Crippen molar-refractivity contribution in [3.05, 3.63) is 0 Å². The van der Waals surface area contributed by atoms with Crippen LogP contribution in [0, 0.1) is 5.41 Å². The summed E-state index contributed by atoms with van der Waals surface area (Å²) in [5.74, 6) is -0.465. The Hall–Kier alpha value is -0.330. The molecule has 0 bridgehead atoms. The number of carbonyl (C=O) groups is 1. The predicted octanol–water partition coefficient (Wildman–Crippen LogP) is 1.22. The van der Waals surface area contributed by atoms with Gasteiger partial charge in [-0.15, -0.1) is 0 Å². The van der Waals surface area contributed by atoms with Crippen LogP contribution in [-0.4, -0.2) is 26.6 Å². The molecule has 1 saturated heterocycles. The summed E-state index contributed by atoms with van der Waals surface area (Å²) in [6, 6.07) is 0. The third-order valence-electron chi connectivity index (χ3n) is 2.20. The van der Waals surface area contributed by atoms with Crippen LogP contribution in [-0.2, 0) is 23.0 Å². The number of cyclic esters (lactones) is 1. The van der Waals surface area contributed by atoms with Gasteiger partial charge in [0.25, 0.3) is 0 Å². The first-order valence-electron chi connectivity index (χ1n) is 4.37. The van der Waals surface area contributed by atoms with E-state index in [1.165, 1.54) is 0 Å². The van der Waals surface area contributed by atoms with E-state index < -0.39 is 26.3 Å². The summed E-state index contributed by atoms with van der Waals surface area (Å²) in [4.78, 5) is 11.5. The van der Waals surface area contributed by atoms with Crippen LogP contribution in [0.4, 0.5) is 0 Å². The first-order chi connectivity index (χ1) is 6.54. The minimum Gasteiger partial charge on any atom is -0.459 e. The predicted molar refractivity (Wildman–Crippen MR) is 53.6 cm³/mol. The van der Waals surface area contributed by atoms with Crippen LogP contribution in [0.1, 0.15) is 27.2 Å². The van der Waals surface area contributed by atoms with Crippen LogP contribution in [0.3, 0.4) is 0 Å². The number of halogens is 1. The lowest BCUT2D eigenvalue weighted by molar-refractivity contribution is -0.152. The van der Waals surface area contributed by atoms with E-state index in [-0.39, 0.29) is 6.61 Å². The molecule has 1 aliphatic rings. The molecule has 1 unspecified atom stereocenters. The Labute approximate surface area is 93.3 Å². The Morgan fingerprint density at radius 1 is 1.47 bits per heavy atom. The Morgan fingerprint density at radius 3 is 2.33 bits per heavy atom. The fourth-order valence-electron chi connectivity index (χ4n) is 1.73. The van der Waals surface area contributed by atoms with Gasteiger partial charge >= 0.3 is 15.3 Å². The molecule has 0 aromatic heterocycles. The maximum absolute atomic E-state index is 11.5. The van der Waals surface area contributed by atoms with Crippen LogP contribution < -0.4 is 0 Å². The van der Waals surface area contributed by atoms with Gasteiger partial charge in [0, 0.05) is 17.1 Å². The number of rotatable bonds is 3. The van der Waals surface area contributed by atoms with E-state index in [1.807, 2.05) is 0 Å². The molecule has 0 saturated carbocycles. The summed E-state index contributed by atoms with van der Waals surface area (Å²) in [5, 5.41) is 0. The fourth-order valence-corrected chi connectivity index (χ4v) is 2.27. The molecule has 0 amide bonds. The maximum Gasteiger partial charge on any atom is 0.355 e. The second-order valence-electron chi connectivity index (χ2n) is 4.54. The summed E-state index contributed by atoms with van der Waals surface area (Å²) < 4.78 is 30.7. The number of hydrogen-bond donors (Lipinski definition) is 0. The SMILES string of the molecule is CC1(C)CC(C)(COS(=O)(=O)Cl)C(=O)O1. The molecule has 0 aromatic rings. The standard InChI is InChI=1S/C8H13ClO5S/c1-7(2)4-8(3,6(10)14-7)5-13-15(9,11)12/h4-5H2,1-3H3. The molecule has 1 atom stereocenters. The Kier molecular flexibility index (Phi) is 3.06. The van der Waals surface area contributed by atoms with Crippen LogP contribution >= 0.6 is 10.7 Å². The smallest absolute Gasteiger partial charge is 0.355 e. The van der Waals surface area contributed by atoms with Crippen molar-refractivity contribution < 1.29 is 22.1 Å². The van der Waals surface area contributed by atoms with Crippen molar-refractivity contribution in [2.24, 2.45) is 5.41 Å². The monoisotopic (exact) mass is 256 g/mol. The van der Waals surface area contributed by atoms with Crippen molar-refractivity contribution in [2.75, 3.05) is 6.61 Å². The molecule has 7 heteroatoms. The van der Waals surface area contributed by atoms with Crippen molar-refractivity contribution in [3.8, 4) is 0 Å². The number of hydrogen-bond acceptors (Lipinski definition) is 5. The maximum atomic E-state index is 11.5. The quantitative estimate of drug-likeness (QED) is 0.561. The van der Waals surface area contributed by atoms with Crippen LogP contribution in [0.25, 0.3) is 0 Å². The number of ether oxygens (including phenoxy) is 1. The molecule has 1 rings (SSSR count). The lowest BCUT2D eigenvalue weighted by Crippen LogP contribution is -2.29. The molecule has 5 nitrogen and oxygen atoms in total. The number of carbonyl (C=O) groups excluding carboxylic acids is 1. The average molecular weight is 257 g/mol. The van der Waals surface area contributed by atoms with Gasteiger partial charge in [-0.1, -0.05) is 0 Å². The molecular weight excluding hydrogens is 244 g/mol. The van der Waals surface area contributed by atoms with E-state index in [0.717, 1.165) is 0 Å². The molecule has 0 aromatic carbocycles. The van der Waals surface area contributed by atoms with Gasteiger partial charge < -0.3 is 4.74 Å². The zero-order valence-corrected chi connectivity index (χ0v) is 10.3. The van der Waals surface area contributed by atoms with E-state index >= 15 is 0 Å². The highest BCUT2D eigenvalue weighted by Gasteiger charge is 2.50. The largest absolute Gasteiger partial charge is 0.459 e. The number of esters is 1. The van der Waals surface area contributed by atoms with Gasteiger partial charge in [-0.3, -0.25) is 8.98 Å². The molecule has 1 heterocycles. The molecule has 88 valence electrons. The van der Waals surface area contributed by atoms with Gasteiger partial charge in [0.05, 0.1) is 12.0 Å². The Balaban J connectivity index is 2.73. The first kappa shape index (κ1) is 12.7. The van der Waals surface area contributed by atoms with Crippen LogP contribution in [0.5, 0.6) is 0 Å². The molecule has 1 aliphatic heterocycles. The van der Waals surface area contributed by atoms with Gasteiger partial charge in [-0.2, -0.15) is 8.42 Å². The fraction of sp³-hybridized carbons (Fsp3) is 0.875. The second-order valence-corrected chi connectivity index (χ2v) is 6.70. The minimum absolute atomic E-state index is 0.291. The van der Waals surface area contributed by atoms with Gasteiger partial charge in [-0.05, 0) is 20.8 Å². The highest BCUT2D eigenvalue weighted by Crippen LogP contribution is 2.40. The molecule has 0 radical (unpaired) electrons. The van der Waals surface area contributed by atoms with Gasteiger partial charge in [0.15, 0.2) is 0 Å². The summed E-state index contributed by atoms with van der Waals surface area (Å²) in [6.45, 7) is 4.81. The molecular formula is C8H13ClO5S. The van der Waals surface area contributed by atoms with Crippen molar-refractivity contribution in [3.63, 3.8) is 0 Å². The Bertz CT molecular complexity index is 374. The zero-order valence-electron chi connectivity index (χ0n) is 8.74. The van der Waals surface area contributed by atoms with Gasteiger partial charge in [0.2, 0.25) is 0 Å². The van der Waals surface area contributed by atoms with Gasteiger partial charge in [-0.25, -0.2) is 0 Å². The summed E-state index contributed by atoms with van der Waals surface area (Å²) in [5.41, 5.74) is -1.54. The normalized spacial score (nSPS) is 30.3. The first-order valence-corrected chi connectivity index (χ1v) is 6.60. The third-order valence-corrected chi connectivity index (χ3v) is 2.86. The van der Waals surface area contributed by atoms with Crippen molar-refractivity contribution in [2.45, 2.75) is 32.8 Å². The highest BCUT2D eigenvalue weighted by atomic mass is 35.7. The van der Waals surface area contributed by atoms with Gasteiger partial charge in [0.1, 0.15) is 5.60 Å². The second kappa shape index (κ2) is 3.61. The van der Waals surface area contributed by atoms with E-state index in [4.69, 9.17) is 15.4 Å². The third kappa shape index (κ3) is 3.32. The molecule has 0 spiro atoms. The molecule has 0 aliphatic carbocycles. The van der Waals surface area contributed by atoms with Crippen molar-refractivity contribution in [1.29, 1.82) is 0 Å². The summed E-state index contributed by atoms with van der Waals surface area (Å²) >= 11 is 0. The van der Waals surface area contributed by atoms with E-state index in [0.29, 0.717) is 6.42 Å². The molecule has 15 heavy (non-hydrogen) atoms. The minimum atomic E-state index is -4.05. The topological polar surface area (TPSA) is 69.7 Å².